The molecule has 114 valence electrons. The maximum Gasteiger partial charge on any atom is 0.673 e. The second-order valence-corrected chi connectivity index (χ2v) is 3.56. The van der Waals surface area contributed by atoms with Gasteiger partial charge in [0.05, 0.1) is 26.7 Å². The summed E-state index contributed by atoms with van der Waals surface area (Å²) in [6, 6.07) is 0. The molecule has 0 radical (unpaired) electrons. The van der Waals surface area contributed by atoms with Crippen molar-refractivity contribution in [1.29, 1.82) is 0 Å². The second kappa shape index (κ2) is 9.46. The van der Waals surface area contributed by atoms with Crippen LogP contribution in [0, 0.1) is 0 Å². The predicted octanol–water partition coefficient (Wildman–Crippen LogP) is 4.09. The van der Waals surface area contributed by atoms with E-state index in [0.717, 1.165) is 0 Å². The summed E-state index contributed by atoms with van der Waals surface area (Å²) in [6.45, 7) is 10.5. The van der Waals surface area contributed by atoms with Crippen LogP contribution >= 0.6 is 0 Å². The van der Waals surface area contributed by atoms with Crippen LogP contribution in [0.4, 0.5) is 34.5 Å². The number of nitrogens with zero attached hydrogens (tertiary/aromatic N) is 1. The Morgan fingerprint density at radius 2 is 0.722 bits per heavy atom. The number of quaternary nitrogens is 1. The zero-order chi connectivity index (χ0) is 15.6. The normalized spacial score (nSPS) is 12.0. The van der Waals surface area contributed by atoms with Crippen LogP contribution in [0.2, 0.25) is 0 Å². The van der Waals surface area contributed by atoms with Gasteiger partial charge in [-0.25, -0.2) is 0 Å². The Balaban J connectivity index is -0.000000197. The van der Waals surface area contributed by atoms with E-state index < -0.39 is 14.5 Å². The zero-order valence-corrected chi connectivity index (χ0v) is 10.7. The Hall–Kier alpha value is -0.470. The molecular weight excluding hydrogens is 272 g/mol. The van der Waals surface area contributed by atoms with Gasteiger partial charge < -0.3 is 39.0 Å². The zero-order valence-electron chi connectivity index (χ0n) is 10.7. The largest absolute Gasteiger partial charge is 0.673 e. The van der Waals surface area contributed by atoms with Crippen molar-refractivity contribution in [2.75, 3.05) is 26.7 Å². The van der Waals surface area contributed by atoms with E-state index in [1.807, 2.05) is 0 Å². The lowest BCUT2D eigenvalue weighted by Gasteiger charge is -2.30. The van der Waals surface area contributed by atoms with E-state index in [2.05, 4.69) is 27.8 Å². The first-order valence-electron chi connectivity index (χ1n) is 5.26. The van der Waals surface area contributed by atoms with Crippen molar-refractivity contribution in [3.8, 4) is 0 Å². The van der Waals surface area contributed by atoms with Gasteiger partial charge in [0.15, 0.2) is 0 Å². The molecule has 0 saturated carbocycles. The van der Waals surface area contributed by atoms with E-state index in [0.29, 0.717) is 0 Å². The first-order chi connectivity index (χ1) is 7.68. The molecule has 0 heterocycles. The van der Waals surface area contributed by atoms with Crippen molar-refractivity contribution in [2.24, 2.45) is 0 Å². The molecule has 0 aliphatic rings. The molecule has 0 saturated heterocycles. The molecule has 0 aromatic carbocycles. The number of halogens is 8. The summed E-state index contributed by atoms with van der Waals surface area (Å²) in [5.41, 5.74) is 0. The maximum absolute atomic E-state index is 9.75. The van der Waals surface area contributed by atoms with Crippen molar-refractivity contribution < 1.29 is 39.0 Å². The monoisotopic (exact) mass is 290 g/mol. The summed E-state index contributed by atoms with van der Waals surface area (Å²) in [7, 11) is -9.71. The van der Waals surface area contributed by atoms with Gasteiger partial charge >= 0.3 is 14.5 Å². The predicted molar refractivity (Wildman–Crippen MR) is 58.2 cm³/mol. The van der Waals surface area contributed by atoms with Crippen molar-refractivity contribution in [2.45, 2.75) is 20.8 Å². The Labute approximate surface area is 102 Å². The molecule has 0 N–H and O–H groups in total. The second-order valence-electron chi connectivity index (χ2n) is 3.56. The van der Waals surface area contributed by atoms with Crippen LogP contribution in [0.3, 0.4) is 0 Å². The van der Waals surface area contributed by atoms with Gasteiger partial charge in [0, 0.05) is 0 Å². The van der Waals surface area contributed by atoms with Gasteiger partial charge in [0.25, 0.3) is 0 Å². The molecule has 0 aromatic rings. The van der Waals surface area contributed by atoms with E-state index >= 15 is 0 Å². The molecule has 0 aliphatic carbocycles. The molecule has 1 nitrogen and oxygen atoms in total. The van der Waals surface area contributed by atoms with Crippen molar-refractivity contribution in [1.82, 2.24) is 0 Å². The van der Waals surface area contributed by atoms with E-state index in [1.54, 1.807) is 0 Å². The number of hydrogen-bond acceptors (Lipinski definition) is 0. The average molecular weight is 290 g/mol. The average Bonchev–Trinajstić information content (AvgIpc) is 2.11. The summed E-state index contributed by atoms with van der Waals surface area (Å²) < 4.78 is 79.2. The van der Waals surface area contributed by atoms with Crippen LogP contribution in [0.1, 0.15) is 20.8 Å². The molecule has 0 rings (SSSR count). The molecule has 11 heteroatoms. The van der Waals surface area contributed by atoms with Gasteiger partial charge in [-0.3, -0.25) is 0 Å². The third-order valence-electron chi connectivity index (χ3n) is 2.29. The molecule has 0 bridgehead atoms. The third kappa shape index (κ3) is 45.1. The molecule has 0 unspecified atom stereocenters. The highest BCUT2D eigenvalue weighted by Crippen LogP contribution is 2.07. The van der Waals surface area contributed by atoms with Gasteiger partial charge in [-0.1, -0.05) is 0 Å². The highest BCUT2D eigenvalue weighted by Gasteiger charge is 2.21. The first kappa shape index (κ1) is 22.7. The smallest absolute Gasteiger partial charge is 0.418 e. The van der Waals surface area contributed by atoms with Gasteiger partial charge in [-0.15, -0.1) is 0 Å². The van der Waals surface area contributed by atoms with Crippen LogP contribution in [-0.2, 0) is 0 Å². The highest BCUT2D eigenvalue weighted by atomic mass is 19.5. The van der Waals surface area contributed by atoms with E-state index in [4.69, 9.17) is 0 Å². The van der Waals surface area contributed by atoms with Crippen molar-refractivity contribution in [3.63, 3.8) is 0 Å². The summed E-state index contributed by atoms with van der Waals surface area (Å²) in [5.74, 6) is 0. The summed E-state index contributed by atoms with van der Waals surface area (Å²) >= 11 is 0. The lowest BCUT2D eigenvalue weighted by Crippen LogP contribution is -2.42. The fourth-order valence-corrected chi connectivity index (χ4v) is 0.671. The number of hydrogen-bond donors (Lipinski definition) is 0. The molecule has 0 fully saturated rings. The first-order valence-corrected chi connectivity index (χ1v) is 5.26. The Bertz CT molecular complexity index is 157. The van der Waals surface area contributed by atoms with Crippen LogP contribution in [0.5, 0.6) is 0 Å². The number of rotatable bonds is 3. The van der Waals surface area contributed by atoms with Gasteiger partial charge in [0.1, 0.15) is 0 Å². The molecule has 0 atom stereocenters. The summed E-state index contributed by atoms with van der Waals surface area (Å²) in [4.78, 5) is 0. The van der Waals surface area contributed by atoms with E-state index in [9.17, 15) is 34.5 Å². The van der Waals surface area contributed by atoms with Crippen LogP contribution < -0.4 is 0 Å². The molecule has 0 aliphatic heterocycles. The Kier molecular flexibility index (Phi) is 11.9. The Morgan fingerprint density at radius 1 is 0.611 bits per heavy atom. The SMILES string of the molecule is CC[N+](C)(CC)CC.F[B-](F)(F)F.F[B-](F)(F)F. The molecule has 18 heavy (non-hydrogen) atoms. The summed E-state index contributed by atoms with van der Waals surface area (Å²) in [5, 5.41) is 0. The standard InChI is InChI=1S/C7H18N.2BF4/c1-5-8(4,6-2)7-3;2*2-1(3,4)5/h5-7H2,1-4H3;;/q+1;2*-1. The van der Waals surface area contributed by atoms with Gasteiger partial charge in [0.2, 0.25) is 0 Å². The van der Waals surface area contributed by atoms with Crippen LogP contribution in [0.25, 0.3) is 0 Å². The molecule has 0 aromatic heterocycles. The minimum Gasteiger partial charge on any atom is -0.418 e. The highest BCUT2D eigenvalue weighted by molar-refractivity contribution is 6.50. The quantitative estimate of drug-likeness (QED) is 0.417. The van der Waals surface area contributed by atoms with E-state index in [1.165, 1.54) is 24.1 Å². The molecule has 0 amide bonds. The minimum absolute atomic E-state index is 1.21. The van der Waals surface area contributed by atoms with Crippen LogP contribution in [-0.4, -0.2) is 45.7 Å². The molecular formula is C7H18B2F8N-. The topological polar surface area (TPSA) is 0 Å². The lowest BCUT2D eigenvalue weighted by molar-refractivity contribution is -0.904. The fourth-order valence-electron chi connectivity index (χ4n) is 0.671. The molecule has 0 spiro atoms. The van der Waals surface area contributed by atoms with Crippen molar-refractivity contribution in [3.05, 3.63) is 0 Å². The Morgan fingerprint density at radius 3 is 0.722 bits per heavy atom. The fraction of sp³-hybridized carbons (Fsp3) is 1.00. The summed E-state index contributed by atoms with van der Waals surface area (Å²) in [6.07, 6.45) is 0. The minimum atomic E-state index is -6.00. The van der Waals surface area contributed by atoms with Gasteiger partial charge in [-0.2, -0.15) is 0 Å². The lowest BCUT2D eigenvalue weighted by atomic mass is 10.3. The van der Waals surface area contributed by atoms with Crippen LogP contribution in [0.15, 0.2) is 0 Å². The van der Waals surface area contributed by atoms with Gasteiger partial charge in [-0.05, 0) is 20.8 Å². The van der Waals surface area contributed by atoms with E-state index in [-0.39, 0.29) is 0 Å². The third-order valence-corrected chi connectivity index (χ3v) is 2.29. The maximum atomic E-state index is 9.75. The van der Waals surface area contributed by atoms with Crippen molar-refractivity contribution >= 4 is 14.5 Å².